The molecule has 0 radical (unpaired) electrons. The fourth-order valence-electron chi connectivity index (χ4n) is 7.65. The normalized spacial score (nSPS) is 19.0. The number of fused-ring (bicyclic) bond motifs is 12. The van der Waals surface area contributed by atoms with Gasteiger partial charge in [0.05, 0.1) is 11.0 Å². The standard InChI is InChI=1S/C37H25N3S/c1-20-16-23(19-26-25-10-4-7-13-32(25)41-36(20)26)21-14-15-31-27(17-21)33-24-9-3-2-8-22(24)18-28-34-37(40(31)35(28)33)39-30-12-6-5-11-29(30)38-34/h2-15,17-20,34,38H,16H2,1H3/p+1. The highest BCUT2D eigenvalue weighted by Crippen LogP contribution is 2.48. The summed E-state index contributed by atoms with van der Waals surface area (Å²) >= 11 is 1.97. The molecule has 2 aromatic heterocycles. The number of nitrogens with zero attached hydrogens (tertiary/aromatic N) is 2. The number of aliphatic imine (C=N–C) groups is 1. The number of aromatic nitrogens is 1. The first-order chi connectivity index (χ1) is 20.2. The number of para-hydroxylation sites is 2. The van der Waals surface area contributed by atoms with Crippen molar-refractivity contribution in [3.05, 3.63) is 119 Å². The predicted molar refractivity (Wildman–Crippen MR) is 173 cm³/mol. The van der Waals surface area contributed by atoms with E-state index in [1.54, 1.807) is 0 Å². The third kappa shape index (κ3) is 2.88. The molecule has 5 aromatic carbocycles. The third-order valence-corrected chi connectivity index (χ3v) is 10.9. The molecule has 2 aliphatic heterocycles. The van der Waals surface area contributed by atoms with Gasteiger partial charge in [0.1, 0.15) is 5.69 Å². The first kappa shape index (κ1) is 22.2. The second-order valence-electron chi connectivity index (χ2n) is 11.8. The van der Waals surface area contributed by atoms with Crippen LogP contribution in [0, 0.1) is 0 Å². The Hall–Kier alpha value is -4.51. The smallest absolute Gasteiger partial charge is 0.178 e. The molecular formula is C37H26N3S+. The minimum absolute atomic E-state index is 0.170. The van der Waals surface area contributed by atoms with E-state index in [0.29, 0.717) is 5.92 Å². The Morgan fingerprint density at radius 3 is 2.63 bits per heavy atom. The number of quaternary nitrogens is 1. The topological polar surface area (TPSA) is 33.9 Å². The number of allylic oxidation sites excluding steroid dienone is 1. The van der Waals surface area contributed by atoms with Crippen LogP contribution in [0.5, 0.6) is 0 Å². The molecule has 2 N–H and O–H groups in total. The van der Waals surface area contributed by atoms with E-state index in [-0.39, 0.29) is 6.04 Å². The molecule has 2 atom stereocenters. The number of rotatable bonds is 1. The van der Waals surface area contributed by atoms with Crippen molar-refractivity contribution in [3.63, 3.8) is 0 Å². The zero-order chi connectivity index (χ0) is 26.8. The van der Waals surface area contributed by atoms with E-state index >= 15 is 0 Å². The monoisotopic (exact) mass is 544 g/mol. The molecule has 2 unspecified atom stereocenters. The summed E-state index contributed by atoms with van der Waals surface area (Å²) < 4.78 is 3.85. The van der Waals surface area contributed by atoms with E-state index in [1.807, 2.05) is 11.3 Å². The van der Waals surface area contributed by atoms with E-state index in [2.05, 4.69) is 120 Å². The summed E-state index contributed by atoms with van der Waals surface area (Å²) in [5, 5.41) is 9.09. The van der Waals surface area contributed by atoms with Crippen LogP contribution in [-0.4, -0.2) is 10.4 Å². The summed E-state index contributed by atoms with van der Waals surface area (Å²) in [5.41, 5.74) is 10.4. The molecule has 4 heterocycles. The second-order valence-corrected chi connectivity index (χ2v) is 12.9. The maximum atomic E-state index is 5.27. The Morgan fingerprint density at radius 2 is 1.68 bits per heavy atom. The van der Waals surface area contributed by atoms with Gasteiger partial charge < -0.3 is 0 Å². The Morgan fingerprint density at radius 1 is 0.854 bits per heavy atom. The van der Waals surface area contributed by atoms with Gasteiger partial charge in [0, 0.05) is 32.0 Å². The Kier molecular flexibility index (Phi) is 4.23. The molecule has 1 aliphatic carbocycles. The van der Waals surface area contributed by atoms with Crippen LogP contribution >= 0.6 is 11.3 Å². The molecule has 0 amide bonds. The van der Waals surface area contributed by atoms with E-state index < -0.39 is 0 Å². The van der Waals surface area contributed by atoms with Crippen molar-refractivity contribution in [1.82, 2.24) is 4.57 Å². The quantitative estimate of drug-likeness (QED) is 0.200. The maximum Gasteiger partial charge on any atom is 0.178 e. The minimum Gasteiger partial charge on any atom is -0.299 e. The van der Waals surface area contributed by atoms with Crippen LogP contribution in [0.15, 0.2) is 102 Å². The lowest BCUT2D eigenvalue weighted by molar-refractivity contribution is -0.599. The van der Waals surface area contributed by atoms with Crippen molar-refractivity contribution in [2.45, 2.75) is 25.3 Å². The van der Waals surface area contributed by atoms with Crippen molar-refractivity contribution in [2.24, 2.45) is 4.99 Å². The van der Waals surface area contributed by atoms with Gasteiger partial charge in [0.2, 0.25) is 0 Å². The predicted octanol–water partition coefficient (Wildman–Crippen LogP) is 9.05. The summed E-state index contributed by atoms with van der Waals surface area (Å²) in [7, 11) is 0. The molecule has 0 fully saturated rings. The van der Waals surface area contributed by atoms with Gasteiger partial charge in [-0.2, -0.15) is 0 Å². The molecule has 0 saturated carbocycles. The van der Waals surface area contributed by atoms with Gasteiger partial charge in [0.25, 0.3) is 0 Å². The molecule has 0 spiro atoms. The van der Waals surface area contributed by atoms with Gasteiger partial charge in [-0.25, -0.2) is 4.99 Å². The van der Waals surface area contributed by atoms with Gasteiger partial charge in [-0.15, -0.1) is 11.3 Å². The average Bonchev–Trinajstić information content (AvgIpc) is 3.66. The van der Waals surface area contributed by atoms with E-state index in [9.17, 15) is 0 Å². The molecule has 3 aliphatic rings. The minimum atomic E-state index is 0.170. The first-order valence-electron chi connectivity index (χ1n) is 14.5. The maximum absolute atomic E-state index is 5.27. The third-order valence-electron chi connectivity index (χ3n) is 9.47. The molecule has 41 heavy (non-hydrogen) atoms. The zero-order valence-electron chi connectivity index (χ0n) is 22.6. The number of hydrogen-bond acceptors (Lipinski definition) is 2. The highest BCUT2D eigenvalue weighted by molar-refractivity contribution is 7.19. The number of benzene rings is 5. The van der Waals surface area contributed by atoms with Crippen LogP contribution < -0.4 is 5.32 Å². The van der Waals surface area contributed by atoms with E-state index in [1.165, 1.54) is 75.5 Å². The second kappa shape index (κ2) is 7.82. The highest BCUT2D eigenvalue weighted by Gasteiger charge is 2.40. The molecular weight excluding hydrogens is 518 g/mol. The molecule has 0 bridgehead atoms. The molecule has 194 valence electrons. The van der Waals surface area contributed by atoms with Crippen molar-refractivity contribution in [3.8, 4) is 0 Å². The Labute approximate surface area is 241 Å². The molecule has 3 nitrogen and oxygen atoms in total. The van der Waals surface area contributed by atoms with Crippen LogP contribution in [0.2, 0.25) is 0 Å². The van der Waals surface area contributed by atoms with Gasteiger partial charge in [-0.1, -0.05) is 67.6 Å². The van der Waals surface area contributed by atoms with Crippen LogP contribution in [0.4, 0.5) is 11.4 Å². The number of thiophene rings is 1. The molecule has 10 rings (SSSR count). The first-order valence-corrected chi connectivity index (χ1v) is 15.3. The summed E-state index contributed by atoms with van der Waals surface area (Å²) in [6.07, 6.45) is 3.54. The summed E-state index contributed by atoms with van der Waals surface area (Å²) in [6.45, 7) is 2.39. The van der Waals surface area contributed by atoms with E-state index in [0.717, 1.165) is 17.9 Å². The SMILES string of the molecule is CC1CC(c2ccc3c(c2)c2c4ccccc4cc4c2n3C2=Nc3ccccc3[NH2+]C24)=Cc2c1sc1ccccc21. The van der Waals surface area contributed by atoms with Crippen LogP contribution in [0.25, 0.3) is 54.3 Å². The number of hydrogen-bond donors (Lipinski definition) is 1. The van der Waals surface area contributed by atoms with Crippen molar-refractivity contribution >= 4 is 82.9 Å². The van der Waals surface area contributed by atoms with Crippen molar-refractivity contribution < 1.29 is 5.32 Å². The van der Waals surface area contributed by atoms with Gasteiger partial charge in [-0.05, 0) is 81.6 Å². The Balaban J connectivity index is 1.26. The largest absolute Gasteiger partial charge is 0.299 e. The fraction of sp³-hybridized carbons (Fsp3) is 0.108. The van der Waals surface area contributed by atoms with Crippen LogP contribution in [0.1, 0.15) is 46.9 Å². The lowest BCUT2D eigenvalue weighted by atomic mass is 9.85. The zero-order valence-corrected chi connectivity index (χ0v) is 23.4. The van der Waals surface area contributed by atoms with Crippen molar-refractivity contribution in [2.75, 3.05) is 0 Å². The fourth-order valence-corrected chi connectivity index (χ4v) is 8.88. The lowest BCUT2D eigenvalue weighted by Gasteiger charge is -2.21. The highest BCUT2D eigenvalue weighted by atomic mass is 32.1. The van der Waals surface area contributed by atoms with Crippen LogP contribution in [-0.2, 0) is 0 Å². The van der Waals surface area contributed by atoms with Gasteiger partial charge in [0.15, 0.2) is 17.6 Å². The average molecular weight is 545 g/mol. The molecule has 0 saturated heterocycles. The van der Waals surface area contributed by atoms with Crippen LogP contribution in [0.3, 0.4) is 0 Å². The van der Waals surface area contributed by atoms with Gasteiger partial charge in [-0.3, -0.25) is 9.88 Å². The molecule has 4 heteroatoms. The van der Waals surface area contributed by atoms with E-state index in [4.69, 9.17) is 4.99 Å². The summed E-state index contributed by atoms with van der Waals surface area (Å²) in [5.74, 6) is 1.64. The van der Waals surface area contributed by atoms with Gasteiger partial charge >= 0.3 is 0 Å². The summed E-state index contributed by atoms with van der Waals surface area (Å²) in [6, 6.07) is 36.0. The van der Waals surface area contributed by atoms with Crippen molar-refractivity contribution in [1.29, 1.82) is 0 Å². The molecule has 7 aromatic rings. The number of nitrogens with two attached hydrogens (primary N) is 1. The lowest BCUT2D eigenvalue weighted by Crippen LogP contribution is -2.81. The summed E-state index contributed by atoms with van der Waals surface area (Å²) in [4.78, 5) is 6.79. The Bertz CT molecular complexity index is 2350.